The van der Waals surface area contributed by atoms with Crippen molar-refractivity contribution in [3.05, 3.63) is 36.4 Å². The Balaban J connectivity index is 1.76. The van der Waals surface area contributed by atoms with E-state index in [-0.39, 0.29) is 11.8 Å². The van der Waals surface area contributed by atoms with E-state index < -0.39 is 0 Å². The van der Waals surface area contributed by atoms with Crippen LogP contribution in [0.5, 0.6) is 0 Å². The summed E-state index contributed by atoms with van der Waals surface area (Å²) in [5.41, 5.74) is 1.98. The molecule has 0 spiro atoms. The molecular weight excluding hydrogens is 214 g/mol. The van der Waals surface area contributed by atoms with E-state index in [1.807, 2.05) is 36.4 Å². The number of nitrogens with zero attached hydrogens (tertiary/aromatic N) is 1. The molecule has 1 heterocycles. The molecule has 2 N–H and O–H groups in total. The lowest BCUT2D eigenvalue weighted by Gasteiger charge is -1.97. The van der Waals surface area contributed by atoms with E-state index in [9.17, 15) is 4.79 Å². The Morgan fingerprint density at radius 3 is 2.76 bits per heavy atom. The second-order valence-corrected chi connectivity index (χ2v) is 4.30. The van der Waals surface area contributed by atoms with Gasteiger partial charge in [0.15, 0.2) is 5.82 Å². The smallest absolute Gasteiger partial charge is 0.228 e. The van der Waals surface area contributed by atoms with Gasteiger partial charge in [-0.1, -0.05) is 30.3 Å². The first-order chi connectivity index (χ1) is 8.33. The van der Waals surface area contributed by atoms with Crippen LogP contribution in [-0.4, -0.2) is 16.1 Å². The van der Waals surface area contributed by atoms with Crippen molar-refractivity contribution in [1.29, 1.82) is 0 Å². The van der Waals surface area contributed by atoms with Crippen LogP contribution in [0.15, 0.2) is 36.4 Å². The van der Waals surface area contributed by atoms with Crippen LogP contribution in [-0.2, 0) is 4.79 Å². The van der Waals surface area contributed by atoms with Crippen LogP contribution >= 0.6 is 0 Å². The molecule has 1 aliphatic carbocycles. The van der Waals surface area contributed by atoms with Crippen molar-refractivity contribution in [3.63, 3.8) is 0 Å². The van der Waals surface area contributed by atoms with Gasteiger partial charge in [-0.15, -0.1) is 0 Å². The van der Waals surface area contributed by atoms with Crippen LogP contribution in [0.4, 0.5) is 5.82 Å². The predicted molar refractivity (Wildman–Crippen MR) is 65.4 cm³/mol. The van der Waals surface area contributed by atoms with Gasteiger partial charge in [0.1, 0.15) is 0 Å². The highest BCUT2D eigenvalue weighted by atomic mass is 16.2. The summed E-state index contributed by atoms with van der Waals surface area (Å²) >= 11 is 0. The Morgan fingerprint density at radius 1 is 1.29 bits per heavy atom. The average molecular weight is 227 g/mol. The molecule has 4 nitrogen and oxygen atoms in total. The fourth-order valence-electron chi connectivity index (χ4n) is 1.73. The largest absolute Gasteiger partial charge is 0.309 e. The maximum absolute atomic E-state index is 11.6. The maximum atomic E-state index is 11.6. The molecule has 1 fully saturated rings. The SMILES string of the molecule is O=C(Nc1cc(-c2ccccc2)[nH]n1)C1CC1. The van der Waals surface area contributed by atoms with Crippen LogP contribution < -0.4 is 5.32 Å². The molecule has 0 bridgehead atoms. The Labute approximate surface area is 99.1 Å². The number of hydrogen-bond acceptors (Lipinski definition) is 2. The topological polar surface area (TPSA) is 57.8 Å². The van der Waals surface area contributed by atoms with Gasteiger partial charge >= 0.3 is 0 Å². The van der Waals surface area contributed by atoms with Gasteiger partial charge in [0.2, 0.25) is 5.91 Å². The van der Waals surface area contributed by atoms with Gasteiger partial charge < -0.3 is 5.32 Å². The molecule has 3 rings (SSSR count). The van der Waals surface area contributed by atoms with Crippen molar-refractivity contribution in [2.75, 3.05) is 5.32 Å². The number of hydrogen-bond donors (Lipinski definition) is 2. The highest BCUT2D eigenvalue weighted by molar-refractivity contribution is 5.93. The van der Waals surface area contributed by atoms with E-state index >= 15 is 0 Å². The van der Waals surface area contributed by atoms with Gasteiger partial charge in [-0.3, -0.25) is 9.89 Å². The summed E-state index contributed by atoms with van der Waals surface area (Å²) in [5.74, 6) is 0.878. The lowest BCUT2D eigenvalue weighted by molar-refractivity contribution is -0.117. The molecule has 1 amide bonds. The normalized spacial score (nSPS) is 14.6. The zero-order chi connectivity index (χ0) is 11.7. The van der Waals surface area contributed by atoms with Crippen LogP contribution in [0.2, 0.25) is 0 Å². The fourth-order valence-corrected chi connectivity index (χ4v) is 1.73. The number of rotatable bonds is 3. The minimum Gasteiger partial charge on any atom is -0.309 e. The Morgan fingerprint density at radius 2 is 2.06 bits per heavy atom. The zero-order valence-corrected chi connectivity index (χ0v) is 9.31. The van der Waals surface area contributed by atoms with Gasteiger partial charge in [-0.25, -0.2) is 0 Å². The predicted octanol–water partition coefficient (Wildman–Crippen LogP) is 2.43. The lowest BCUT2D eigenvalue weighted by atomic mass is 10.1. The summed E-state index contributed by atoms with van der Waals surface area (Å²) in [6.45, 7) is 0. The van der Waals surface area contributed by atoms with Crippen molar-refractivity contribution in [2.45, 2.75) is 12.8 Å². The number of amides is 1. The summed E-state index contributed by atoms with van der Waals surface area (Å²) < 4.78 is 0. The Hall–Kier alpha value is -2.10. The van der Waals surface area contributed by atoms with E-state index in [1.54, 1.807) is 0 Å². The van der Waals surface area contributed by atoms with Crippen molar-refractivity contribution < 1.29 is 4.79 Å². The quantitative estimate of drug-likeness (QED) is 0.846. The Bertz CT molecular complexity index is 529. The second-order valence-electron chi connectivity index (χ2n) is 4.30. The van der Waals surface area contributed by atoms with Crippen molar-refractivity contribution in [3.8, 4) is 11.3 Å². The number of aromatic nitrogens is 2. The summed E-state index contributed by atoms with van der Waals surface area (Å²) in [6, 6.07) is 11.8. The number of carbonyl (C=O) groups is 1. The summed E-state index contributed by atoms with van der Waals surface area (Å²) in [6.07, 6.45) is 2.00. The molecule has 86 valence electrons. The van der Waals surface area contributed by atoms with Gasteiger partial charge in [-0.05, 0) is 18.4 Å². The van der Waals surface area contributed by atoms with E-state index in [0.717, 1.165) is 24.1 Å². The van der Waals surface area contributed by atoms with Gasteiger partial charge in [0.25, 0.3) is 0 Å². The van der Waals surface area contributed by atoms with Gasteiger partial charge in [0, 0.05) is 12.0 Å². The monoisotopic (exact) mass is 227 g/mol. The molecule has 0 aliphatic heterocycles. The van der Waals surface area contributed by atoms with Crippen LogP contribution in [0, 0.1) is 5.92 Å². The molecule has 1 saturated carbocycles. The molecule has 0 atom stereocenters. The molecule has 2 aromatic rings. The third kappa shape index (κ3) is 2.20. The molecular formula is C13H13N3O. The maximum Gasteiger partial charge on any atom is 0.228 e. The number of benzene rings is 1. The number of carbonyl (C=O) groups excluding carboxylic acids is 1. The highest BCUT2D eigenvalue weighted by Gasteiger charge is 2.29. The van der Waals surface area contributed by atoms with E-state index in [1.165, 1.54) is 0 Å². The number of H-pyrrole nitrogens is 1. The third-order valence-corrected chi connectivity index (χ3v) is 2.86. The summed E-state index contributed by atoms with van der Waals surface area (Å²) in [4.78, 5) is 11.6. The molecule has 17 heavy (non-hydrogen) atoms. The molecule has 0 saturated heterocycles. The van der Waals surface area contributed by atoms with Crippen LogP contribution in [0.3, 0.4) is 0 Å². The third-order valence-electron chi connectivity index (χ3n) is 2.86. The van der Waals surface area contributed by atoms with E-state index in [0.29, 0.717) is 5.82 Å². The minimum absolute atomic E-state index is 0.0797. The Kier molecular flexibility index (Phi) is 2.40. The van der Waals surface area contributed by atoms with Crippen LogP contribution in [0.25, 0.3) is 11.3 Å². The van der Waals surface area contributed by atoms with Crippen molar-refractivity contribution >= 4 is 11.7 Å². The van der Waals surface area contributed by atoms with Crippen molar-refractivity contribution in [2.24, 2.45) is 5.92 Å². The molecule has 1 aliphatic rings. The summed E-state index contributed by atoms with van der Waals surface area (Å²) in [7, 11) is 0. The number of anilines is 1. The molecule has 0 radical (unpaired) electrons. The van der Waals surface area contributed by atoms with Crippen molar-refractivity contribution in [1.82, 2.24) is 10.2 Å². The minimum atomic E-state index is 0.0797. The first-order valence-corrected chi connectivity index (χ1v) is 5.74. The van der Waals surface area contributed by atoms with E-state index in [2.05, 4.69) is 15.5 Å². The van der Waals surface area contributed by atoms with E-state index in [4.69, 9.17) is 0 Å². The van der Waals surface area contributed by atoms with Gasteiger partial charge in [-0.2, -0.15) is 5.10 Å². The number of nitrogens with one attached hydrogen (secondary N) is 2. The molecule has 1 aromatic heterocycles. The van der Waals surface area contributed by atoms with Crippen LogP contribution in [0.1, 0.15) is 12.8 Å². The zero-order valence-electron chi connectivity index (χ0n) is 9.31. The highest BCUT2D eigenvalue weighted by Crippen LogP contribution is 2.30. The first kappa shape index (κ1) is 10.1. The average Bonchev–Trinajstić information content (AvgIpc) is 3.12. The standard InChI is InChI=1S/C13H13N3O/c17-13(10-6-7-10)14-12-8-11(15-16-12)9-4-2-1-3-5-9/h1-5,8,10H,6-7H2,(H2,14,15,16,17). The van der Waals surface area contributed by atoms with Gasteiger partial charge in [0.05, 0.1) is 5.69 Å². The number of aromatic amines is 1. The molecule has 0 unspecified atom stereocenters. The summed E-state index contributed by atoms with van der Waals surface area (Å²) in [5, 5.41) is 9.82. The second kappa shape index (κ2) is 4.05. The fraction of sp³-hybridized carbons (Fsp3) is 0.231. The molecule has 4 heteroatoms. The molecule has 1 aromatic carbocycles. The first-order valence-electron chi connectivity index (χ1n) is 5.74. The lowest BCUT2D eigenvalue weighted by Crippen LogP contribution is -2.13.